The number of nitrogens with zero attached hydrogens (tertiary/aromatic N) is 1. The predicted molar refractivity (Wildman–Crippen MR) is 71.4 cm³/mol. The van der Waals surface area contributed by atoms with E-state index in [9.17, 15) is 4.79 Å². The van der Waals surface area contributed by atoms with E-state index < -0.39 is 0 Å². The van der Waals surface area contributed by atoms with Crippen LogP contribution < -0.4 is 0 Å². The molecule has 0 aromatic heterocycles. The summed E-state index contributed by atoms with van der Waals surface area (Å²) in [6.45, 7) is 4.45. The van der Waals surface area contributed by atoms with Crippen molar-refractivity contribution >= 4 is 18.5 Å². The van der Waals surface area contributed by atoms with E-state index in [1.54, 1.807) is 0 Å². The summed E-state index contributed by atoms with van der Waals surface area (Å²) < 4.78 is 5.63. The molecule has 2 rings (SSSR count). The third-order valence-electron chi connectivity index (χ3n) is 3.95. The van der Waals surface area contributed by atoms with Gasteiger partial charge in [0.15, 0.2) is 0 Å². The molecule has 2 fully saturated rings. The smallest absolute Gasteiger partial charge is 0.223 e. The summed E-state index contributed by atoms with van der Waals surface area (Å²) in [5, 5.41) is 0. The van der Waals surface area contributed by atoms with Gasteiger partial charge in [-0.05, 0) is 43.8 Å². The van der Waals surface area contributed by atoms with Crippen LogP contribution in [0.3, 0.4) is 0 Å². The minimum absolute atomic E-state index is 0.235. The van der Waals surface area contributed by atoms with Crippen LogP contribution in [0.25, 0.3) is 0 Å². The van der Waals surface area contributed by atoms with Gasteiger partial charge >= 0.3 is 0 Å². The maximum absolute atomic E-state index is 12.2. The quantitative estimate of drug-likeness (QED) is 0.765. The van der Waals surface area contributed by atoms with E-state index in [0.717, 1.165) is 38.3 Å². The highest BCUT2D eigenvalue weighted by Gasteiger charge is 2.44. The van der Waals surface area contributed by atoms with Crippen molar-refractivity contribution in [2.24, 2.45) is 5.41 Å². The Kier molecular flexibility index (Phi) is 4.36. The molecule has 0 radical (unpaired) electrons. The molecule has 1 saturated heterocycles. The molecule has 0 aromatic carbocycles. The molecule has 4 heteroatoms. The fourth-order valence-electron chi connectivity index (χ4n) is 2.54. The lowest BCUT2D eigenvalue weighted by Crippen LogP contribution is -2.44. The summed E-state index contributed by atoms with van der Waals surface area (Å²) in [6, 6.07) is 0. The van der Waals surface area contributed by atoms with Crippen molar-refractivity contribution in [2.45, 2.75) is 45.1 Å². The van der Waals surface area contributed by atoms with Crippen LogP contribution in [0.1, 0.15) is 39.0 Å². The van der Waals surface area contributed by atoms with Crippen molar-refractivity contribution < 1.29 is 9.53 Å². The van der Waals surface area contributed by atoms with Crippen LogP contribution in [-0.2, 0) is 9.53 Å². The zero-order chi connectivity index (χ0) is 12.3. The van der Waals surface area contributed by atoms with E-state index in [0.29, 0.717) is 12.3 Å². The number of hydrogen-bond acceptors (Lipinski definition) is 3. The Morgan fingerprint density at radius 1 is 1.53 bits per heavy atom. The first kappa shape index (κ1) is 13.2. The van der Waals surface area contributed by atoms with E-state index in [4.69, 9.17) is 4.74 Å². The average molecular weight is 257 g/mol. The maximum Gasteiger partial charge on any atom is 0.223 e. The molecule has 1 heterocycles. The molecule has 1 saturated carbocycles. The third-order valence-corrected chi connectivity index (χ3v) is 4.62. The van der Waals surface area contributed by atoms with Gasteiger partial charge in [0.25, 0.3) is 0 Å². The standard InChI is InChI=1S/C13H23NO2S/c1-2-16-11-4-3-7-14(9-11)12(15)8-13(10-17)5-6-13/h11,17H,2-10H2,1H3. The highest BCUT2D eigenvalue weighted by atomic mass is 32.1. The molecule has 0 aromatic rings. The number of ether oxygens (including phenoxy) is 1. The van der Waals surface area contributed by atoms with Gasteiger partial charge in [-0.1, -0.05) is 0 Å². The van der Waals surface area contributed by atoms with E-state index in [1.807, 2.05) is 11.8 Å². The Hall–Kier alpha value is -0.220. The lowest BCUT2D eigenvalue weighted by Gasteiger charge is -2.33. The van der Waals surface area contributed by atoms with E-state index in [2.05, 4.69) is 12.6 Å². The number of thiol groups is 1. The van der Waals surface area contributed by atoms with Crippen molar-refractivity contribution in [3.8, 4) is 0 Å². The summed E-state index contributed by atoms with van der Waals surface area (Å²) >= 11 is 4.36. The van der Waals surface area contributed by atoms with E-state index in [1.165, 1.54) is 12.8 Å². The molecular weight excluding hydrogens is 234 g/mol. The summed E-state index contributed by atoms with van der Waals surface area (Å²) in [6.07, 6.45) is 5.45. The van der Waals surface area contributed by atoms with Gasteiger partial charge in [-0.15, -0.1) is 0 Å². The maximum atomic E-state index is 12.2. The molecule has 1 aliphatic heterocycles. The molecule has 2 aliphatic rings. The highest BCUT2D eigenvalue weighted by Crippen LogP contribution is 2.49. The van der Waals surface area contributed by atoms with Crippen LogP contribution in [0.15, 0.2) is 0 Å². The van der Waals surface area contributed by atoms with E-state index in [-0.39, 0.29) is 11.5 Å². The molecule has 0 N–H and O–H groups in total. The molecule has 1 aliphatic carbocycles. The highest BCUT2D eigenvalue weighted by molar-refractivity contribution is 7.80. The SMILES string of the molecule is CCOC1CCCN(C(=O)CC2(CS)CC2)C1. The van der Waals surface area contributed by atoms with Crippen LogP contribution in [0.2, 0.25) is 0 Å². The second kappa shape index (κ2) is 5.61. The van der Waals surface area contributed by atoms with Gasteiger partial charge in [0, 0.05) is 26.1 Å². The zero-order valence-corrected chi connectivity index (χ0v) is 11.5. The third kappa shape index (κ3) is 3.38. The second-order valence-corrected chi connectivity index (χ2v) is 5.71. The van der Waals surface area contributed by atoms with Crippen molar-refractivity contribution in [1.82, 2.24) is 4.90 Å². The Morgan fingerprint density at radius 2 is 2.29 bits per heavy atom. The number of piperidine rings is 1. The number of likely N-dealkylation sites (tertiary alicyclic amines) is 1. The molecular formula is C13H23NO2S. The van der Waals surface area contributed by atoms with Crippen molar-refractivity contribution in [3.05, 3.63) is 0 Å². The first-order valence-corrected chi connectivity index (χ1v) is 7.32. The largest absolute Gasteiger partial charge is 0.377 e. The van der Waals surface area contributed by atoms with Gasteiger partial charge in [-0.25, -0.2) is 0 Å². The molecule has 98 valence electrons. The Morgan fingerprint density at radius 3 is 2.88 bits per heavy atom. The Balaban J connectivity index is 1.82. The number of rotatable bonds is 5. The van der Waals surface area contributed by atoms with Gasteiger partial charge in [0.2, 0.25) is 5.91 Å². The van der Waals surface area contributed by atoms with Crippen LogP contribution >= 0.6 is 12.6 Å². The van der Waals surface area contributed by atoms with Crippen LogP contribution in [-0.4, -0.2) is 42.4 Å². The molecule has 3 nitrogen and oxygen atoms in total. The van der Waals surface area contributed by atoms with Crippen LogP contribution in [0.5, 0.6) is 0 Å². The zero-order valence-electron chi connectivity index (χ0n) is 10.7. The van der Waals surface area contributed by atoms with E-state index >= 15 is 0 Å². The average Bonchev–Trinajstić information content (AvgIpc) is 3.10. The molecule has 0 spiro atoms. The minimum atomic E-state index is 0.235. The lowest BCUT2D eigenvalue weighted by molar-refractivity contribution is -0.136. The number of amides is 1. The predicted octanol–water partition coefficient (Wildman–Crippen LogP) is 2.11. The summed E-state index contributed by atoms with van der Waals surface area (Å²) in [5.74, 6) is 1.16. The fraction of sp³-hybridized carbons (Fsp3) is 0.923. The molecule has 17 heavy (non-hydrogen) atoms. The molecule has 1 atom stereocenters. The first-order valence-electron chi connectivity index (χ1n) is 6.69. The summed E-state index contributed by atoms with van der Waals surface area (Å²) in [4.78, 5) is 14.2. The molecule has 1 amide bonds. The van der Waals surface area contributed by atoms with Crippen LogP contribution in [0.4, 0.5) is 0 Å². The first-order chi connectivity index (χ1) is 8.19. The lowest BCUT2D eigenvalue weighted by atomic mass is 10.0. The van der Waals surface area contributed by atoms with Gasteiger partial charge in [-0.2, -0.15) is 12.6 Å². The van der Waals surface area contributed by atoms with Crippen molar-refractivity contribution in [1.29, 1.82) is 0 Å². The summed E-state index contributed by atoms with van der Waals surface area (Å²) in [5.41, 5.74) is 0.235. The monoisotopic (exact) mass is 257 g/mol. The Labute approximate surface area is 109 Å². The van der Waals surface area contributed by atoms with Gasteiger partial charge in [0.1, 0.15) is 0 Å². The second-order valence-electron chi connectivity index (χ2n) is 5.39. The fourth-order valence-corrected chi connectivity index (χ4v) is 2.96. The van der Waals surface area contributed by atoms with Crippen LogP contribution in [0, 0.1) is 5.41 Å². The Bertz CT molecular complexity index is 277. The van der Waals surface area contributed by atoms with Crippen molar-refractivity contribution in [3.63, 3.8) is 0 Å². The molecule has 0 bridgehead atoms. The van der Waals surface area contributed by atoms with Gasteiger partial charge in [-0.3, -0.25) is 4.79 Å². The van der Waals surface area contributed by atoms with Crippen molar-refractivity contribution in [2.75, 3.05) is 25.4 Å². The number of carbonyl (C=O) groups is 1. The summed E-state index contributed by atoms with van der Waals surface area (Å²) in [7, 11) is 0. The normalized spacial score (nSPS) is 26.9. The topological polar surface area (TPSA) is 29.5 Å². The number of hydrogen-bond donors (Lipinski definition) is 1. The molecule has 1 unspecified atom stereocenters. The van der Waals surface area contributed by atoms with Gasteiger partial charge < -0.3 is 9.64 Å². The van der Waals surface area contributed by atoms with Gasteiger partial charge in [0.05, 0.1) is 6.10 Å². The number of carbonyl (C=O) groups excluding carboxylic acids is 1. The minimum Gasteiger partial charge on any atom is -0.377 e.